The number of methoxy groups -OCH3 is 2. The van der Waals surface area contributed by atoms with Gasteiger partial charge in [0.2, 0.25) is 0 Å². The Balaban J connectivity index is 2.15. The fourth-order valence-electron chi connectivity index (χ4n) is 4.91. The SMILES string of the molecule is COc1cc(O)c(-c2c(C)cc(OC)c3c(O)cccc23)c2c1C(C)N(C)C(C)C2. The van der Waals surface area contributed by atoms with Gasteiger partial charge in [-0.1, -0.05) is 12.1 Å². The van der Waals surface area contributed by atoms with Gasteiger partial charge >= 0.3 is 0 Å². The lowest BCUT2D eigenvalue weighted by atomic mass is 9.81. The van der Waals surface area contributed by atoms with E-state index < -0.39 is 0 Å². The van der Waals surface area contributed by atoms with Crippen molar-refractivity contribution in [2.45, 2.75) is 39.3 Å². The van der Waals surface area contributed by atoms with E-state index >= 15 is 0 Å². The number of phenols is 2. The molecule has 158 valence electrons. The summed E-state index contributed by atoms with van der Waals surface area (Å²) in [7, 11) is 5.37. The van der Waals surface area contributed by atoms with Crippen molar-refractivity contribution < 1.29 is 19.7 Å². The molecule has 2 unspecified atom stereocenters. The van der Waals surface area contributed by atoms with Crippen molar-refractivity contribution in [1.82, 2.24) is 4.90 Å². The molecule has 0 fully saturated rings. The monoisotopic (exact) mass is 407 g/mol. The van der Waals surface area contributed by atoms with Crippen LogP contribution >= 0.6 is 0 Å². The molecule has 0 saturated heterocycles. The highest BCUT2D eigenvalue weighted by Crippen LogP contribution is 2.50. The molecular formula is C25H29NO4. The van der Waals surface area contributed by atoms with Gasteiger partial charge in [0.1, 0.15) is 23.0 Å². The van der Waals surface area contributed by atoms with Crippen LogP contribution in [-0.2, 0) is 6.42 Å². The Labute approximate surface area is 177 Å². The van der Waals surface area contributed by atoms with Crippen LogP contribution in [0.2, 0.25) is 0 Å². The van der Waals surface area contributed by atoms with Crippen molar-refractivity contribution in [3.63, 3.8) is 0 Å². The van der Waals surface area contributed by atoms with Crippen molar-refractivity contribution in [3.8, 4) is 34.1 Å². The van der Waals surface area contributed by atoms with Crippen LogP contribution in [0, 0.1) is 6.92 Å². The number of ether oxygens (including phenoxy) is 2. The summed E-state index contributed by atoms with van der Waals surface area (Å²) in [6, 6.07) is 9.56. The number of benzene rings is 3. The zero-order valence-electron chi connectivity index (χ0n) is 18.4. The van der Waals surface area contributed by atoms with Gasteiger partial charge < -0.3 is 19.7 Å². The number of rotatable bonds is 3. The van der Waals surface area contributed by atoms with E-state index in [-0.39, 0.29) is 17.5 Å². The second-order valence-corrected chi connectivity index (χ2v) is 8.23. The molecule has 1 aliphatic heterocycles. The maximum Gasteiger partial charge on any atom is 0.130 e. The third kappa shape index (κ3) is 2.88. The standard InChI is InChI=1S/C25H29NO4/c1-13-10-20(29-5)24-16(8-7-9-18(24)27)22(13)25-17-11-14(2)26(4)15(3)23(17)21(30-6)12-19(25)28/h7-10,12,14-15,27-28H,11H2,1-6H3. The van der Waals surface area contributed by atoms with Gasteiger partial charge in [-0.2, -0.15) is 0 Å². The zero-order chi connectivity index (χ0) is 21.7. The Morgan fingerprint density at radius 2 is 1.67 bits per heavy atom. The number of likely N-dealkylation sites (N-methyl/N-ethyl adjacent to an activating group) is 1. The lowest BCUT2D eigenvalue weighted by molar-refractivity contribution is 0.175. The van der Waals surface area contributed by atoms with Crippen molar-refractivity contribution in [2.75, 3.05) is 21.3 Å². The van der Waals surface area contributed by atoms with E-state index in [0.29, 0.717) is 22.9 Å². The van der Waals surface area contributed by atoms with Crippen molar-refractivity contribution in [3.05, 3.63) is 47.0 Å². The van der Waals surface area contributed by atoms with Crippen molar-refractivity contribution >= 4 is 10.8 Å². The van der Waals surface area contributed by atoms with Gasteiger partial charge in [0.15, 0.2) is 0 Å². The second kappa shape index (κ2) is 7.40. The maximum atomic E-state index is 11.2. The summed E-state index contributed by atoms with van der Waals surface area (Å²) < 4.78 is 11.2. The van der Waals surface area contributed by atoms with Gasteiger partial charge in [-0.3, -0.25) is 4.90 Å². The molecule has 30 heavy (non-hydrogen) atoms. The summed E-state index contributed by atoms with van der Waals surface area (Å²) in [5, 5.41) is 23.3. The van der Waals surface area contributed by atoms with Crippen LogP contribution in [0.15, 0.2) is 30.3 Å². The third-order valence-corrected chi connectivity index (χ3v) is 6.63. The molecule has 0 spiro atoms. The number of hydrogen-bond acceptors (Lipinski definition) is 5. The molecule has 0 radical (unpaired) electrons. The summed E-state index contributed by atoms with van der Waals surface area (Å²) in [6.07, 6.45) is 0.794. The molecule has 4 rings (SSSR count). The molecular weight excluding hydrogens is 378 g/mol. The van der Waals surface area contributed by atoms with Crippen LogP contribution in [0.25, 0.3) is 21.9 Å². The van der Waals surface area contributed by atoms with E-state index in [9.17, 15) is 10.2 Å². The largest absolute Gasteiger partial charge is 0.507 e. The first-order chi connectivity index (χ1) is 14.3. The number of aromatic hydroxyl groups is 2. The molecule has 3 aromatic rings. The molecule has 2 atom stereocenters. The van der Waals surface area contributed by atoms with E-state index in [1.54, 1.807) is 26.4 Å². The van der Waals surface area contributed by atoms with Gasteiger partial charge in [-0.15, -0.1) is 0 Å². The first kappa shape index (κ1) is 20.4. The normalized spacial score (nSPS) is 19.0. The smallest absolute Gasteiger partial charge is 0.130 e. The summed E-state index contributed by atoms with van der Waals surface area (Å²) in [5.41, 5.74) is 4.92. The molecule has 1 heterocycles. The van der Waals surface area contributed by atoms with E-state index in [1.165, 1.54) is 0 Å². The summed E-state index contributed by atoms with van der Waals surface area (Å²) >= 11 is 0. The number of hydrogen-bond donors (Lipinski definition) is 2. The van der Waals surface area contributed by atoms with E-state index in [1.807, 2.05) is 25.1 Å². The Hall–Kier alpha value is -2.92. The maximum absolute atomic E-state index is 11.2. The number of aryl methyl sites for hydroxylation is 1. The van der Waals surface area contributed by atoms with Gasteiger partial charge in [0.25, 0.3) is 0 Å². The number of fused-ring (bicyclic) bond motifs is 2. The second-order valence-electron chi connectivity index (χ2n) is 8.23. The molecule has 2 N–H and O–H groups in total. The predicted octanol–water partition coefficient (Wildman–Crippen LogP) is 5.18. The third-order valence-electron chi connectivity index (χ3n) is 6.63. The molecule has 0 saturated carbocycles. The van der Waals surface area contributed by atoms with Gasteiger partial charge in [-0.05, 0) is 68.4 Å². The molecule has 1 aliphatic rings. The van der Waals surface area contributed by atoms with Crippen LogP contribution in [0.3, 0.4) is 0 Å². The summed E-state index contributed by atoms with van der Waals surface area (Å²) in [4.78, 5) is 2.33. The molecule has 0 bridgehead atoms. The first-order valence-corrected chi connectivity index (χ1v) is 10.2. The van der Waals surface area contributed by atoms with Gasteiger partial charge in [0.05, 0.1) is 19.6 Å². The molecule has 0 aromatic heterocycles. The lowest BCUT2D eigenvalue weighted by Crippen LogP contribution is -2.38. The number of nitrogens with zero attached hydrogens (tertiary/aromatic N) is 1. The van der Waals surface area contributed by atoms with Crippen molar-refractivity contribution in [2.24, 2.45) is 0 Å². The highest BCUT2D eigenvalue weighted by molar-refractivity contribution is 6.06. The summed E-state index contributed by atoms with van der Waals surface area (Å²) in [5.74, 6) is 1.67. The van der Waals surface area contributed by atoms with Crippen LogP contribution in [0.5, 0.6) is 23.0 Å². The molecule has 5 nitrogen and oxygen atoms in total. The Morgan fingerprint density at radius 1 is 0.967 bits per heavy atom. The highest BCUT2D eigenvalue weighted by atomic mass is 16.5. The van der Waals surface area contributed by atoms with Gasteiger partial charge in [-0.25, -0.2) is 0 Å². The molecule has 0 aliphatic carbocycles. The fourth-order valence-corrected chi connectivity index (χ4v) is 4.91. The quantitative estimate of drug-likeness (QED) is 0.626. The molecule has 0 amide bonds. The van der Waals surface area contributed by atoms with E-state index in [2.05, 4.69) is 25.8 Å². The topological polar surface area (TPSA) is 62.2 Å². The van der Waals surface area contributed by atoms with E-state index in [0.717, 1.165) is 39.6 Å². The predicted molar refractivity (Wildman–Crippen MR) is 120 cm³/mol. The minimum atomic E-state index is 0.149. The average Bonchev–Trinajstić information content (AvgIpc) is 2.72. The van der Waals surface area contributed by atoms with Gasteiger partial charge in [0, 0.05) is 29.3 Å². The van der Waals surface area contributed by atoms with Crippen LogP contribution in [0.1, 0.15) is 36.6 Å². The average molecular weight is 408 g/mol. The lowest BCUT2D eigenvalue weighted by Gasteiger charge is -2.39. The summed E-state index contributed by atoms with van der Waals surface area (Å²) in [6.45, 7) is 6.38. The minimum absolute atomic E-state index is 0.149. The highest BCUT2D eigenvalue weighted by Gasteiger charge is 2.33. The van der Waals surface area contributed by atoms with Crippen LogP contribution in [0.4, 0.5) is 0 Å². The molecule has 5 heteroatoms. The molecule has 3 aromatic carbocycles. The fraction of sp³-hybridized carbons (Fsp3) is 0.360. The Bertz CT molecular complexity index is 1140. The van der Waals surface area contributed by atoms with E-state index in [4.69, 9.17) is 9.47 Å². The van der Waals surface area contributed by atoms with Crippen LogP contribution in [-0.4, -0.2) is 42.4 Å². The zero-order valence-corrected chi connectivity index (χ0v) is 18.4. The Kier molecular flexibility index (Phi) is 5.02. The first-order valence-electron chi connectivity index (χ1n) is 10.2. The number of phenolic OH excluding ortho intramolecular Hbond substituents is 2. The van der Waals surface area contributed by atoms with Crippen LogP contribution < -0.4 is 9.47 Å². The minimum Gasteiger partial charge on any atom is -0.507 e. The Morgan fingerprint density at radius 3 is 2.33 bits per heavy atom. The van der Waals surface area contributed by atoms with Crippen molar-refractivity contribution in [1.29, 1.82) is 0 Å².